The summed E-state index contributed by atoms with van der Waals surface area (Å²) in [5, 5.41) is 11.9. The monoisotopic (exact) mass is 420 g/mol. The number of hydrogen-bond acceptors (Lipinski definition) is 5. The van der Waals surface area contributed by atoms with Crippen LogP contribution in [0.3, 0.4) is 0 Å². The van der Waals surface area contributed by atoms with Gasteiger partial charge in [0.2, 0.25) is 5.75 Å². The highest BCUT2D eigenvalue weighted by Crippen LogP contribution is 2.35. The molecule has 0 aliphatic rings. The summed E-state index contributed by atoms with van der Waals surface area (Å²) in [6, 6.07) is 14.7. The highest BCUT2D eigenvalue weighted by molar-refractivity contribution is 14.1. The number of esters is 1. The molecule has 3 aromatic rings. The van der Waals surface area contributed by atoms with E-state index in [0.29, 0.717) is 14.7 Å². The number of nitro benzene ring substituents is 1. The van der Waals surface area contributed by atoms with Gasteiger partial charge in [-0.3, -0.25) is 10.1 Å². The van der Waals surface area contributed by atoms with E-state index in [0.717, 1.165) is 0 Å². The number of hydrogen-bond donors (Lipinski definition) is 0. The maximum Gasteiger partial charge on any atom is 0.343 e. The summed E-state index contributed by atoms with van der Waals surface area (Å²) in [5.41, 5.74) is 0.302. The van der Waals surface area contributed by atoms with E-state index in [9.17, 15) is 14.9 Å². The molecule has 1 aromatic heterocycles. The molecule has 0 saturated carbocycles. The predicted octanol–water partition coefficient (Wildman–Crippen LogP) is 3.97. The number of halogens is 1. The van der Waals surface area contributed by atoms with E-state index in [2.05, 4.69) is 4.98 Å². The standard InChI is InChI=1S/C16H9IN2O4/c17-13-9-7-10-6-8-12(19(21)22)15(14(10)18-13)23-16(20)11-4-2-1-3-5-11/h1-9H. The van der Waals surface area contributed by atoms with Crippen molar-refractivity contribution in [2.24, 2.45) is 0 Å². The normalized spacial score (nSPS) is 10.5. The second-order valence-electron chi connectivity index (χ2n) is 4.63. The van der Waals surface area contributed by atoms with Gasteiger partial charge in [0.25, 0.3) is 0 Å². The zero-order valence-electron chi connectivity index (χ0n) is 11.6. The molecule has 0 aliphatic heterocycles. The van der Waals surface area contributed by atoms with Gasteiger partial charge >= 0.3 is 11.7 Å². The zero-order valence-corrected chi connectivity index (χ0v) is 13.8. The lowest BCUT2D eigenvalue weighted by Gasteiger charge is -2.08. The molecule has 0 saturated heterocycles. The molecule has 0 bridgehead atoms. The minimum atomic E-state index is -0.665. The van der Waals surface area contributed by atoms with Crippen molar-refractivity contribution in [1.29, 1.82) is 0 Å². The quantitative estimate of drug-likeness (QED) is 0.160. The average Bonchev–Trinajstić information content (AvgIpc) is 2.55. The Bertz CT molecular complexity index is 913. The molecule has 3 rings (SSSR count). The van der Waals surface area contributed by atoms with E-state index in [-0.39, 0.29) is 17.0 Å². The molecule has 114 valence electrons. The Morgan fingerprint density at radius 2 is 1.78 bits per heavy atom. The fourth-order valence-corrected chi connectivity index (χ4v) is 2.52. The van der Waals surface area contributed by atoms with Gasteiger partial charge in [0, 0.05) is 11.5 Å². The molecule has 0 radical (unpaired) electrons. The SMILES string of the molecule is O=C(Oc1c([N+](=O)[O-])ccc2ccc(I)nc12)c1ccccc1. The van der Waals surface area contributed by atoms with Crippen LogP contribution in [0, 0.1) is 13.8 Å². The van der Waals surface area contributed by atoms with Crippen LogP contribution in [0.25, 0.3) is 10.9 Å². The van der Waals surface area contributed by atoms with Crippen LogP contribution in [0.1, 0.15) is 10.4 Å². The van der Waals surface area contributed by atoms with Crippen LogP contribution in [-0.4, -0.2) is 15.9 Å². The fraction of sp³-hybridized carbons (Fsp3) is 0. The van der Waals surface area contributed by atoms with Crippen LogP contribution < -0.4 is 4.74 Å². The van der Waals surface area contributed by atoms with Crippen molar-refractivity contribution in [3.63, 3.8) is 0 Å². The van der Waals surface area contributed by atoms with Crippen molar-refractivity contribution >= 4 is 45.2 Å². The van der Waals surface area contributed by atoms with Crippen LogP contribution in [0.5, 0.6) is 5.75 Å². The van der Waals surface area contributed by atoms with E-state index in [4.69, 9.17) is 4.74 Å². The molecule has 1 heterocycles. The summed E-state index contributed by atoms with van der Waals surface area (Å²) in [7, 11) is 0. The summed E-state index contributed by atoms with van der Waals surface area (Å²) >= 11 is 2.00. The zero-order chi connectivity index (χ0) is 16.4. The molecule has 6 nitrogen and oxygen atoms in total. The van der Waals surface area contributed by atoms with Gasteiger partial charge in [-0.2, -0.15) is 0 Å². The lowest BCUT2D eigenvalue weighted by atomic mass is 10.2. The Labute approximate surface area is 144 Å². The fourth-order valence-electron chi connectivity index (χ4n) is 2.10. The molecule has 0 N–H and O–H groups in total. The van der Waals surface area contributed by atoms with Crippen LogP contribution >= 0.6 is 22.6 Å². The molecule has 0 spiro atoms. The van der Waals surface area contributed by atoms with Gasteiger partial charge in [-0.1, -0.05) is 24.3 Å². The van der Waals surface area contributed by atoms with Gasteiger partial charge in [0.05, 0.1) is 10.5 Å². The number of carbonyl (C=O) groups excluding carboxylic acids is 1. The van der Waals surface area contributed by atoms with Crippen molar-refractivity contribution in [3.8, 4) is 5.75 Å². The first-order valence-corrected chi connectivity index (χ1v) is 7.65. The van der Waals surface area contributed by atoms with E-state index >= 15 is 0 Å². The molecule has 23 heavy (non-hydrogen) atoms. The molecule has 7 heteroatoms. The number of ether oxygens (including phenoxy) is 1. The number of pyridine rings is 1. The molecular weight excluding hydrogens is 411 g/mol. The number of nitrogens with zero attached hydrogens (tertiary/aromatic N) is 2. The molecule has 2 aromatic carbocycles. The van der Waals surface area contributed by atoms with Gasteiger partial charge in [-0.15, -0.1) is 0 Å². The Balaban J connectivity index is 2.14. The summed E-state index contributed by atoms with van der Waals surface area (Å²) in [6.45, 7) is 0. The minimum absolute atomic E-state index is 0.139. The third-order valence-corrected chi connectivity index (χ3v) is 3.76. The van der Waals surface area contributed by atoms with Crippen molar-refractivity contribution in [2.75, 3.05) is 0 Å². The van der Waals surface area contributed by atoms with Crippen molar-refractivity contribution < 1.29 is 14.5 Å². The number of nitro groups is 1. The second kappa shape index (κ2) is 6.29. The highest BCUT2D eigenvalue weighted by atomic mass is 127. The van der Waals surface area contributed by atoms with Gasteiger partial charge in [0.15, 0.2) is 0 Å². The van der Waals surface area contributed by atoms with Crippen LogP contribution in [0.2, 0.25) is 0 Å². The molecule has 0 aliphatic carbocycles. The molecule has 0 fully saturated rings. The first-order chi connectivity index (χ1) is 11.1. The molecule has 0 amide bonds. The number of carbonyl (C=O) groups is 1. The topological polar surface area (TPSA) is 82.3 Å². The number of rotatable bonds is 3. The minimum Gasteiger partial charge on any atom is -0.413 e. The summed E-state index contributed by atoms with van der Waals surface area (Å²) in [4.78, 5) is 27.2. The van der Waals surface area contributed by atoms with E-state index in [1.54, 1.807) is 48.5 Å². The van der Waals surface area contributed by atoms with Crippen molar-refractivity contribution in [1.82, 2.24) is 4.98 Å². The predicted molar refractivity (Wildman–Crippen MR) is 92.5 cm³/mol. The maximum absolute atomic E-state index is 12.2. The second-order valence-corrected chi connectivity index (χ2v) is 5.74. The van der Waals surface area contributed by atoms with Crippen molar-refractivity contribution in [2.45, 2.75) is 0 Å². The lowest BCUT2D eigenvalue weighted by molar-refractivity contribution is -0.385. The average molecular weight is 420 g/mol. The number of aromatic nitrogens is 1. The molecule has 0 atom stereocenters. The van der Waals surface area contributed by atoms with Gasteiger partial charge in [-0.25, -0.2) is 9.78 Å². The Kier molecular flexibility index (Phi) is 4.20. The third kappa shape index (κ3) is 3.14. The van der Waals surface area contributed by atoms with Crippen LogP contribution in [-0.2, 0) is 0 Å². The largest absolute Gasteiger partial charge is 0.413 e. The number of fused-ring (bicyclic) bond motifs is 1. The van der Waals surface area contributed by atoms with Crippen LogP contribution in [0.4, 0.5) is 5.69 Å². The van der Waals surface area contributed by atoms with Gasteiger partial charge in [0.1, 0.15) is 9.22 Å². The summed E-state index contributed by atoms with van der Waals surface area (Å²) in [5.74, 6) is -0.804. The Morgan fingerprint density at radius 1 is 1.09 bits per heavy atom. The van der Waals surface area contributed by atoms with Crippen LogP contribution in [0.15, 0.2) is 54.6 Å². The molecule has 0 unspecified atom stereocenters. The number of benzene rings is 2. The lowest BCUT2D eigenvalue weighted by Crippen LogP contribution is -2.10. The third-order valence-electron chi connectivity index (χ3n) is 3.16. The summed E-state index contributed by atoms with van der Waals surface area (Å²) in [6.07, 6.45) is 0. The Morgan fingerprint density at radius 3 is 2.48 bits per heavy atom. The van der Waals surface area contributed by atoms with Gasteiger partial charge in [-0.05, 0) is 46.9 Å². The Hall–Kier alpha value is -2.55. The maximum atomic E-state index is 12.2. The van der Waals surface area contributed by atoms with E-state index in [1.165, 1.54) is 6.07 Å². The van der Waals surface area contributed by atoms with Gasteiger partial charge < -0.3 is 4.74 Å². The summed E-state index contributed by atoms with van der Waals surface area (Å²) < 4.78 is 5.96. The first-order valence-electron chi connectivity index (χ1n) is 6.57. The van der Waals surface area contributed by atoms with E-state index in [1.807, 2.05) is 22.6 Å². The smallest absolute Gasteiger partial charge is 0.343 e. The first kappa shape index (κ1) is 15.3. The van der Waals surface area contributed by atoms with E-state index < -0.39 is 10.9 Å². The highest BCUT2D eigenvalue weighted by Gasteiger charge is 2.23. The van der Waals surface area contributed by atoms with Crippen molar-refractivity contribution in [3.05, 3.63) is 74.0 Å². The molecular formula is C16H9IN2O4.